The highest BCUT2D eigenvalue weighted by molar-refractivity contribution is 7.12. The standard InChI is InChI=1S/C19H14N2O2S/c22-19(17-6-3-11-24-17)20-14-9-7-13(8-10-14)12-18-21-15-4-1-2-5-16(15)23-18/h1-11H,12H2,(H,20,22). The maximum Gasteiger partial charge on any atom is 0.265 e. The van der Waals surface area contributed by atoms with E-state index in [2.05, 4.69) is 10.3 Å². The van der Waals surface area contributed by atoms with Gasteiger partial charge in [0.15, 0.2) is 11.5 Å². The molecule has 0 aliphatic rings. The van der Waals surface area contributed by atoms with Crippen molar-refractivity contribution in [3.05, 3.63) is 82.4 Å². The topological polar surface area (TPSA) is 55.1 Å². The van der Waals surface area contributed by atoms with Crippen molar-refractivity contribution in [2.24, 2.45) is 0 Å². The Labute approximate surface area is 142 Å². The SMILES string of the molecule is O=C(Nc1ccc(Cc2nc3ccccc3o2)cc1)c1cccs1. The molecule has 0 radical (unpaired) electrons. The number of carbonyl (C=O) groups excluding carboxylic acids is 1. The highest BCUT2D eigenvalue weighted by atomic mass is 32.1. The lowest BCUT2D eigenvalue weighted by atomic mass is 10.1. The van der Waals surface area contributed by atoms with Crippen molar-refractivity contribution in [1.82, 2.24) is 4.98 Å². The number of nitrogens with one attached hydrogen (secondary N) is 1. The average molecular weight is 334 g/mol. The van der Waals surface area contributed by atoms with Crippen LogP contribution in [0.25, 0.3) is 11.1 Å². The molecule has 0 fully saturated rings. The van der Waals surface area contributed by atoms with Crippen LogP contribution in [0, 0.1) is 0 Å². The maximum atomic E-state index is 12.0. The summed E-state index contributed by atoms with van der Waals surface area (Å²) in [6.45, 7) is 0. The molecular formula is C19H14N2O2S. The van der Waals surface area contributed by atoms with E-state index in [9.17, 15) is 4.79 Å². The smallest absolute Gasteiger partial charge is 0.265 e. The normalized spacial score (nSPS) is 10.8. The minimum Gasteiger partial charge on any atom is -0.440 e. The van der Waals surface area contributed by atoms with Crippen molar-refractivity contribution in [2.45, 2.75) is 6.42 Å². The van der Waals surface area contributed by atoms with Crippen LogP contribution in [0.15, 0.2) is 70.5 Å². The summed E-state index contributed by atoms with van der Waals surface area (Å²) in [5, 5.41) is 4.78. The third-order valence-corrected chi connectivity index (χ3v) is 4.52. The molecule has 2 aromatic carbocycles. The summed E-state index contributed by atoms with van der Waals surface area (Å²) in [5.74, 6) is 0.600. The third kappa shape index (κ3) is 3.07. The van der Waals surface area contributed by atoms with Gasteiger partial charge in [0.2, 0.25) is 0 Å². The fourth-order valence-corrected chi connectivity index (χ4v) is 3.10. The van der Waals surface area contributed by atoms with E-state index in [0.717, 1.165) is 22.4 Å². The fraction of sp³-hybridized carbons (Fsp3) is 0.0526. The van der Waals surface area contributed by atoms with Crippen molar-refractivity contribution < 1.29 is 9.21 Å². The molecule has 5 heteroatoms. The van der Waals surface area contributed by atoms with Gasteiger partial charge in [-0.2, -0.15) is 0 Å². The predicted molar refractivity (Wildman–Crippen MR) is 95.5 cm³/mol. The Morgan fingerprint density at radius 1 is 1.04 bits per heavy atom. The van der Waals surface area contributed by atoms with E-state index in [-0.39, 0.29) is 5.91 Å². The molecule has 4 aromatic rings. The van der Waals surface area contributed by atoms with Crippen molar-refractivity contribution in [3.63, 3.8) is 0 Å². The number of oxazole rings is 1. The Hall–Kier alpha value is -2.92. The highest BCUT2D eigenvalue weighted by Gasteiger charge is 2.08. The first-order chi connectivity index (χ1) is 11.8. The molecule has 0 aliphatic heterocycles. The number of amides is 1. The highest BCUT2D eigenvalue weighted by Crippen LogP contribution is 2.19. The molecule has 0 unspecified atom stereocenters. The van der Waals surface area contributed by atoms with E-state index in [4.69, 9.17) is 4.42 Å². The monoisotopic (exact) mass is 334 g/mol. The van der Waals surface area contributed by atoms with Crippen LogP contribution in [0.4, 0.5) is 5.69 Å². The molecule has 0 saturated carbocycles. The number of aromatic nitrogens is 1. The lowest BCUT2D eigenvalue weighted by molar-refractivity contribution is 0.103. The molecule has 24 heavy (non-hydrogen) atoms. The second-order valence-corrected chi connectivity index (χ2v) is 6.33. The minimum atomic E-state index is -0.0864. The van der Waals surface area contributed by atoms with E-state index in [1.54, 1.807) is 0 Å². The molecule has 4 nitrogen and oxygen atoms in total. The quantitative estimate of drug-likeness (QED) is 0.587. The number of carbonyl (C=O) groups is 1. The largest absolute Gasteiger partial charge is 0.440 e. The third-order valence-electron chi connectivity index (χ3n) is 3.65. The van der Waals surface area contributed by atoms with Gasteiger partial charge in [-0.3, -0.25) is 4.79 Å². The first-order valence-electron chi connectivity index (χ1n) is 7.56. The van der Waals surface area contributed by atoms with E-state index in [0.29, 0.717) is 17.2 Å². The number of benzene rings is 2. The minimum absolute atomic E-state index is 0.0864. The maximum absolute atomic E-state index is 12.0. The van der Waals surface area contributed by atoms with E-state index in [1.165, 1.54) is 11.3 Å². The first-order valence-corrected chi connectivity index (χ1v) is 8.44. The van der Waals surface area contributed by atoms with Crippen molar-refractivity contribution in [2.75, 3.05) is 5.32 Å². The second kappa shape index (κ2) is 6.29. The second-order valence-electron chi connectivity index (χ2n) is 5.38. The number of hydrogen-bond acceptors (Lipinski definition) is 4. The summed E-state index contributed by atoms with van der Waals surface area (Å²) >= 11 is 1.42. The molecule has 1 amide bonds. The molecular weight excluding hydrogens is 320 g/mol. The van der Waals surface area contributed by atoms with E-state index in [1.807, 2.05) is 66.0 Å². The molecule has 0 atom stereocenters. The Bertz CT molecular complexity index is 939. The van der Waals surface area contributed by atoms with Gasteiger partial charge in [0.25, 0.3) is 5.91 Å². The zero-order chi connectivity index (χ0) is 16.4. The lowest BCUT2D eigenvalue weighted by Crippen LogP contribution is -2.09. The number of nitrogens with zero attached hydrogens (tertiary/aromatic N) is 1. The molecule has 118 valence electrons. The van der Waals surface area contributed by atoms with Crippen LogP contribution in [-0.4, -0.2) is 10.9 Å². The van der Waals surface area contributed by atoms with Gasteiger partial charge in [0, 0.05) is 12.1 Å². The Morgan fingerprint density at radius 2 is 1.88 bits per heavy atom. The van der Waals surface area contributed by atoms with E-state index < -0.39 is 0 Å². The van der Waals surface area contributed by atoms with Gasteiger partial charge in [0.1, 0.15) is 5.52 Å². The zero-order valence-electron chi connectivity index (χ0n) is 12.7. The first kappa shape index (κ1) is 14.7. The van der Waals surface area contributed by atoms with Gasteiger partial charge in [-0.15, -0.1) is 11.3 Å². The number of rotatable bonds is 4. The fourth-order valence-electron chi connectivity index (χ4n) is 2.48. The van der Waals surface area contributed by atoms with Crippen molar-refractivity contribution >= 4 is 34.0 Å². The van der Waals surface area contributed by atoms with Gasteiger partial charge in [-0.05, 0) is 41.3 Å². The summed E-state index contributed by atoms with van der Waals surface area (Å²) in [5.41, 5.74) is 3.52. The Kier molecular flexibility index (Phi) is 3.84. The molecule has 0 spiro atoms. The lowest BCUT2D eigenvalue weighted by Gasteiger charge is -2.04. The van der Waals surface area contributed by atoms with Gasteiger partial charge in [-0.25, -0.2) is 4.98 Å². The molecule has 2 aromatic heterocycles. The summed E-state index contributed by atoms with van der Waals surface area (Å²) in [6.07, 6.45) is 0.619. The Morgan fingerprint density at radius 3 is 2.62 bits per heavy atom. The van der Waals surface area contributed by atoms with Crippen LogP contribution in [0.1, 0.15) is 21.1 Å². The number of fused-ring (bicyclic) bond motifs is 1. The number of thiophene rings is 1. The van der Waals surface area contributed by atoms with Crippen molar-refractivity contribution in [3.8, 4) is 0 Å². The zero-order valence-corrected chi connectivity index (χ0v) is 13.5. The van der Waals surface area contributed by atoms with Crippen LogP contribution in [0.2, 0.25) is 0 Å². The molecule has 4 rings (SSSR count). The Balaban J connectivity index is 1.46. The molecule has 0 aliphatic carbocycles. The van der Waals surface area contributed by atoms with Crippen LogP contribution in [0.5, 0.6) is 0 Å². The van der Waals surface area contributed by atoms with Gasteiger partial charge in [0.05, 0.1) is 4.88 Å². The number of hydrogen-bond donors (Lipinski definition) is 1. The van der Waals surface area contributed by atoms with E-state index >= 15 is 0 Å². The summed E-state index contributed by atoms with van der Waals surface area (Å²) in [6, 6.07) is 19.1. The van der Waals surface area contributed by atoms with Crippen LogP contribution < -0.4 is 5.32 Å². The number of para-hydroxylation sites is 2. The predicted octanol–water partition coefficient (Wildman–Crippen LogP) is 4.73. The molecule has 0 bridgehead atoms. The molecule has 1 N–H and O–H groups in total. The van der Waals surface area contributed by atoms with Crippen LogP contribution in [-0.2, 0) is 6.42 Å². The molecule has 0 saturated heterocycles. The molecule has 2 heterocycles. The van der Waals surface area contributed by atoms with Crippen LogP contribution in [0.3, 0.4) is 0 Å². The van der Waals surface area contributed by atoms with Gasteiger partial charge >= 0.3 is 0 Å². The van der Waals surface area contributed by atoms with Crippen molar-refractivity contribution in [1.29, 1.82) is 0 Å². The van der Waals surface area contributed by atoms with Gasteiger partial charge in [-0.1, -0.05) is 30.3 Å². The van der Waals surface area contributed by atoms with Crippen LogP contribution >= 0.6 is 11.3 Å². The van der Waals surface area contributed by atoms with Gasteiger partial charge < -0.3 is 9.73 Å². The average Bonchev–Trinajstić information content (AvgIpc) is 3.25. The number of anilines is 1. The summed E-state index contributed by atoms with van der Waals surface area (Å²) in [7, 11) is 0. The summed E-state index contributed by atoms with van der Waals surface area (Å²) in [4.78, 5) is 17.2. The summed E-state index contributed by atoms with van der Waals surface area (Å²) < 4.78 is 5.74.